The molecule has 2 aromatic heterocycles. The minimum Gasteiger partial charge on any atom is -0.357 e. The third-order valence-electron chi connectivity index (χ3n) is 5.72. The number of hydrogen-bond acceptors (Lipinski definition) is 6. The molecule has 1 aliphatic rings. The van der Waals surface area contributed by atoms with E-state index < -0.39 is 4.92 Å². The van der Waals surface area contributed by atoms with Crippen LogP contribution in [0.1, 0.15) is 30.1 Å². The van der Waals surface area contributed by atoms with Gasteiger partial charge in [-0.15, -0.1) is 0 Å². The Kier molecular flexibility index (Phi) is 4.29. The Bertz CT molecular complexity index is 1280. The zero-order chi connectivity index (χ0) is 20.7. The van der Waals surface area contributed by atoms with Gasteiger partial charge in [-0.2, -0.15) is 5.26 Å². The summed E-state index contributed by atoms with van der Waals surface area (Å²) in [4.78, 5) is 25.6. The number of fused-ring (bicyclic) bond motifs is 2. The van der Waals surface area contributed by atoms with E-state index in [1.54, 1.807) is 12.1 Å². The molecule has 4 aromatic rings. The number of nitro benzene ring substituents is 1. The van der Waals surface area contributed by atoms with Crippen LogP contribution in [0.25, 0.3) is 21.9 Å². The molecule has 1 saturated heterocycles. The van der Waals surface area contributed by atoms with Gasteiger partial charge in [0.25, 0.3) is 5.69 Å². The topological polar surface area (TPSA) is 112 Å². The molecule has 2 aromatic carbocycles. The number of rotatable bonds is 3. The molecule has 0 bridgehead atoms. The molecule has 0 atom stereocenters. The fourth-order valence-electron chi connectivity index (χ4n) is 4.12. The van der Waals surface area contributed by atoms with Gasteiger partial charge in [-0.3, -0.25) is 10.1 Å². The number of nitro groups is 1. The summed E-state index contributed by atoms with van der Waals surface area (Å²) in [5, 5.41) is 21.1. The summed E-state index contributed by atoms with van der Waals surface area (Å²) in [7, 11) is 0. The van der Waals surface area contributed by atoms with Gasteiger partial charge in [0.15, 0.2) is 0 Å². The summed E-state index contributed by atoms with van der Waals surface area (Å²) in [6.07, 6.45) is 1.86. The number of pyridine rings is 1. The molecule has 1 aliphatic heterocycles. The first-order valence-corrected chi connectivity index (χ1v) is 9.81. The lowest BCUT2D eigenvalue weighted by Gasteiger charge is -2.32. The van der Waals surface area contributed by atoms with Gasteiger partial charge < -0.3 is 9.88 Å². The molecule has 8 nitrogen and oxygen atoms in total. The van der Waals surface area contributed by atoms with Gasteiger partial charge in [0, 0.05) is 36.5 Å². The highest BCUT2D eigenvalue weighted by Gasteiger charge is 2.24. The van der Waals surface area contributed by atoms with Gasteiger partial charge >= 0.3 is 0 Å². The van der Waals surface area contributed by atoms with Crippen LogP contribution in [0, 0.1) is 21.4 Å². The average Bonchev–Trinajstić information content (AvgIpc) is 3.22. The molecule has 1 N–H and O–H groups in total. The lowest BCUT2D eigenvalue weighted by Crippen LogP contribution is -2.33. The molecule has 0 radical (unpaired) electrons. The van der Waals surface area contributed by atoms with E-state index in [0.29, 0.717) is 22.4 Å². The molecular formula is C22H18N6O2. The lowest BCUT2D eigenvalue weighted by molar-refractivity contribution is -0.384. The number of nitrogens with one attached hydrogen (secondary N) is 1. The number of imidazole rings is 1. The van der Waals surface area contributed by atoms with Crippen LogP contribution in [0.2, 0.25) is 0 Å². The highest BCUT2D eigenvalue weighted by atomic mass is 16.6. The highest BCUT2D eigenvalue weighted by molar-refractivity contribution is 5.88. The normalized spacial score (nSPS) is 14.8. The van der Waals surface area contributed by atoms with Gasteiger partial charge in [-0.05, 0) is 37.1 Å². The highest BCUT2D eigenvalue weighted by Crippen LogP contribution is 2.32. The van der Waals surface area contributed by atoms with Crippen molar-refractivity contribution in [2.75, 3.05) is 18.0 Å². The molecule has 0 saturated carbocycles. The number of piperidine rings is 1. The Morgan fingerprint density at radius 2 is 1.90 bits per heavy atom. The number of non-ortho nitro benzene ring substituents is 1. The zero-order valence-electron chi connectivity index (χ0n) is 16.1. The van der Waals surface area contributed by atoms with Gasteiger partial charge in [-0.25, -0.2) is 9.97 Å². The molecule has 5 rings (SSSR count). The molecule has 0 spiro atoms. The van der Waals surface area contributed by atoms with Crippen molar-refractivity contribution in [1.29, 1.82) is 5.26 Å². The fraction of sp³-hybridized carbons (Fsp3) is 0.227. The molecular weight excluding hydrogens is 380 g/mol. The monoisotopic (exact) mass is 398 g/mol. The van der Waals surface area contributed by atoms with E-state index in [-0.39, 0.29) is 5.69 Å². The van der Waals surface area contributed by atoms with Crippen LogP contribution in [0.4, 0.5) is 11.5 Å². The van der Waals surface area contributed by atoms with Gasteiger partial charge in [0.2, 0.25) is 0 Å². The van der Waals surface area contributed by atoms with Gasteiger partial charge in [0.05, 0.1) is 33.1 Å². The second-order valence-corrected chi connectivity index (χ2v) is 7.50. The summed E-state index contributed by atoms with van der Waals surface area (Å²) in [5.74, 6) is 2.11. The van der Waals surface area contributed by atoms with Crippen molar-refractivity contribution in [3.63, 3.8) is 0 Å². The van der Waals surface area contributed by atoms with E-state index in [1.165, 1.54) is 12.1 Å². The molecule has 30 heavy (non-hydrogen) atoms. The predicted molar refractivity (Wildman–Crippen MR) is 113 cm³/mol. The van der Waals surface area contributed by atoms with E-state index in [4.69, 9.17) is 4.98 Å². The van der Waals surface area contributed by atoms with E-state index in [2.05, 4.69) is 20.9 Å². The number of H-pyrrole nitrogens is 1. The second kappa shape index (κ2) is 7.12. The third kappa shape index (κ3) is 3.10. The van der Waals surface area contributed by atoms with Crippen molar-refractivity contribution in [2.45, 2.75) is 18.8 Å². The first-order valence-electron chi connectivity index (χ1n) is 9.81. The summed E-state index contributed by atoms with van der Waals surface area (Å²) >= 11 is 0. The maximum Gasteiger partial charge on any atom is 0.270 e. The van der Waals surface area contributed by atoms with Gasteiger partial charge in [-0.1, -0.05) is 12.1 Å². The average molecular weight is 398 g/mol. The summed E-state index contributed by atoms with van der Waals surface area (Å²) in [6, 6.07) is 16.4. The Morgan fingerprint density at radius 1 is 1.10 bits per heavy atom. The Morgan fingerprint density at radius 3 is 2.63 bits per heavy atom. The largest absolute Gasteiger partial charge is 0.357 e. The van der Waals surface area contributed by atoms with Crippen molar-refractivity contribution >= 4 is 33.4 Å². The van der Waals surface area contributed by atoms with Crippen molar-refractivity contribution in [3.8, 4) is 6.07 Å². The molecule has 8 heteroatoms. The first-order chi connectivity index (χ1) is 14.6. The lowest BCUT2D eigenvalue weighted by atomic mass is 9.96. The minimum absolute atomic E-state index is 0.0415. The van der Waals surface area contributed by atoms with E-state index in [9.17, 15) is 15.4 Å². The van der Waals surface area contributed by atoms with Crippen LogP contribution in [-0.4, -0.2) is 33.0 Å². The van der Waals surface area contributed by atoms with Crippen LogP contribution in [0.3, 0.4) is 0 Å². The van der Waals surface area contributed by atoms with Crippen molar-refractivity contribution < 1.29 is 4.92 Å². The number of nitrogens with zero attached hydrogens (tertiary/aromatic N) is 5. The number of benzene rings is 2. The van der Waals surface area contributed by atoms with E-state index in [1.807, 2.05) is 24.3 Å². The van der Waals surface area contributed by atoms with Crippen LogP contribution in [0.5, 0.6) is 0 Å². The van der Waals surface area contributed by atoms with Crippen molar-refractivity contribution in [1.82, 2.24) is 15.0 Å². The maximum absolute atomic E-state index is 11.0. The molecule has 1 fully saturated rings. The molecule has 0 aliphatic carbocycles. The fourth-order valence-corrected chi connectivity index (χ4v) is 4.12. The number of aromatic amines is 1. The summed E-state index contributed by atoms with van der Waals surface area (Å²) in [6.45, 7) is 1.61. The minimum atomic E-state index is -0.461. The van der Waals surface area contributed by atoms with E-state index in [0.717, 1.165) is 48.6 Å². The maximum atomic E-state index is 11.0. The van der Waals surface area contributed by atoms with E-state index >= 15 is 0 Å². The predicted octanol–water partition coefficient (Wildman–Crippen LogP) is 4.27. The Balaban J connectivity index is 1.39. The Hall–Kier alpha value is -3.99. The van der Waals surface area contributed by atoms with Crippen LogP contribution < -0.4 is 4.90 Å². The van der Waals surface area contributed by atoms with Crippen molar-refractivity contribution in [3.05, 3.63) is 70.0 Å². The number of aromatic nitrogens is 3. The number of hydrogen-bond donors (Lipinski definition) is 1. The molecule has 3 heterocycles. The van der Waals surface area contributed by atoms with Crippen LogP contribution in [0.15, 0.2) is 48.5 Å². The zero-order valence-corrected chi connectivity index (χ0v) is 16.1. The number of para-hydroxylation sites is 2. The van der Waals surface area contributed by atoms with Crippen LogP contribution in [-0.2, 0) is 0 Å². The van der Waals surface area contributed by atoms with Crippen molar-refractivity contribution in [2.24, 2.45) is 0 Å². The summed E-state index contributed by atoms with van der Waals surface area (Å²) < 4.78 is 0. The molecule has 0 amide bonds. The second-order valence-electron chi connectivity index (χ2n) is 7.50. The van der Waals surface area contributed by atoms with Gasteiger partial charge in [0.1, 0.15) is 11.6 Å². The number of nitriles is 1. The SMILES string of the molecule is N#Cc1cc(N2CCC(c3nc4ccccc4[nH]3)CC2)nc2ccc([N+](=O)[O-])cc12. The third-order valence-corrected chi connectivity index (χ3v) is 5.72. The smallest absolute Gasteiger partial charge is 0.270 e. The summed E-state index contributed by atoms with van der Waals surface area (Å²) in [5.41, 5.74) is 2.99. The number of anilines is 1. The van der Waals surface area contributed by atoms with Crippen LogP contribution >= 0.6 is 0 Å². The molecule has 148 valence electrons. The molecule has 0 unspecified atom stereocenters. The quantitative estimate of drug-likeness (QED) is 0.407. The standard InChI is InChI=1S/C22H18N6O2/c23-13-15-11-21(24-18-6-5-16(28(29)30)12-17(15)18)27-9-7-14(8-10-27)22-25-19-3-1-2-4-20(19)26-22/h1-6,11-12,14H,7-10H2,(H,25,26). The Labute approximate surface area is 171 Å². The first kappa shape index (κ1) is 18.1.